The molecule has 468 valence electrons. The number of anilines is 2. The summed E-state index contributed by atoms with van der Waals surface area (Å²) in [6.45, 7) is 12.7. The number of benzene rings is 3. The van der Waals surface area contributed by atoms with E-state index in [4.69, 9.17) is 0 Å². The molecule has 2 aliphatic heterocycles. The first-order valence-corrected chi connectivity index (χ1v) is 30.4. The van der Waals surface area contributed by atoms with Crippen molar-refractivity contribution < 1.29 is 55.8 Å². The lowest BCUT2D eigenvalue weighted by Gasteiger charge is -2.44. The number of amides is 6. The molecule has 24 heteroatoms. The number of nitrogens with zero attached hydrogens (tertiary/aromatic N) is 4. The Morgan fingerprint density at radius 2 is 1.47 bits per heavy atom. The summed E-state index contributed by atoms with van der Waals surface area (Å²) in [5.41, 5.74) is -0.913. The maximum atomic E-state index is 16.0. The number of piperazine rings is 1. The molecule has 7 N–H and O–H groups in total. The molecule has 0 radical (unpaired) electrons. The second-order valence-corrected chi connectivity index (χ2v) is 25.1. The predicted molar refractivity (Wildman–Crippen MR) is 322 cm³/mol. The summed E-state index contributed by atoms with van der Waals surface area (Å²) in [7, 11) is 1.99. The molecular weight excluding hydrogens is 1150 g/mol. The van der Waals surface area contributed by atoms with Gasteiger partial charge in [-0.05, 0) is 99.9 Å². The highest BCUT2D eigenvalue weighted by Gasteiger charge is 2.53. The van der Waals surface area contributed by atoms with E-state index in [0.717, 1.165) is 47.9 Å². The minimum Gasteiger partial charge on any atom is -0.391 e. The molecule has 1 aliphatic carbocycles. The van der Waals surface area contributed by atoms with Crippen molar-refractivity contribution in [3.05, 3.63) is 123 Å². The van der Waals surface area contributed by atoms with Crippen molar-refractivity contribution in [1.82, 2.24) is 41.0 Å². The van der Waals surface area contributed by atoms with E-state index in [1.165, 1.54) is 34.4 Å². The number of rotatable bonds is 23. The van der Waals surface area contributed by atoms with Gasteiger partial charge in [0.05, 0.1) is 57.1 Å². The molecule has 8 rings (SSSR count). The van der Waals surface area contributed by atoms with Crippen molar-refractivity contribution in [3.63, 3.8) is 0 Å². The van der Waals surface area contributed by atoms with Crippen molar-refractivity contribution >= 4 is 58.2 Å². The van der Waals surface area contributed by atoms with E-state index in [-0.39, 0.29) is 67.0 Å². The largest absolute Gasteiger partial charge is 0.417 e. The molecule has 2 saturated heterocycles. The molecule has 3 aliphatic rings. The standard InChI is InChI=1S/C63H77F5N10O8S/c1-36-32-77(33-37(2)76(36)7)50-21-19-41(27-49(50)74-57(83)45-31-71-52(80)29-46(45)63(66,67)68)44-20-18-42(26-47(44)64)56(82)70-25-13-11-9-8-10-12-24-69-53(81)30-48(39-14-16-40(17-15-39)54-38(3)72-35-87-54)73-58(84)51-28-43(79)34-78(51)59(85)55(61(4,5)6)75-60(86)62(65)22-23-62/h14-21,26-27,29,31,35-37,43,48,51,55,79H,8-13,22-25,28,30,32-34H2,1-7H3,(H,69,81)(H,70,82)(H,71,80)(H,73,84)(H,74,83)(H,75,86)/t36-,37+,43-,48+,51+,55-/m1/s1. The lowest BCUT2D eigenvalue weighted by molar-refractivity contribution is -0.145. The number of carbonyl (C=O) groups is 6. The van der Waals surface area contributed by atoms with Crippen LogP contribution in [0.4, 0.5) is 33.3 Å². The van der Waals surface area contributed by atoms with Crippen LogP contribution in [-0.4, -0.2) is 136 Å². The monoisotopic (exact) mass is 1230 g/mol. The molecule has 2 aromatic heterocycles. The number of aryl methyl sites for hydroxylation is 1. The molecule has 6 atom stereocenters. The summed E-state index contributed by atoms with van der Waals surface area (Å²) < 4.78 is 72.7. The second kappa shape index (κ2) is 27.6. The lowest BCUT2D eigenvalue weighted by atomic mass is 9.85. The van der Waals surface area contributed by atoms with Crippen molar-refractivity contribution in [2.45, 2.75) is 154 Å². The lowest BCUT2D eigenvalue weighted by Crippen LogP contribution is -2.59. The van der Waals surface area contributed by atoms with Gasteiger partial charge < -0.3 is 46.5 Å². The maximum Gasteiger partial charge on any atom is 0.417 e. The van der Waals surface area contributed by atoms with Gasteiger partial charge in [-0.3, -0.25) is 38.5 Å². The number of aromatic nitrogens is 2. The van der Waals surface area contributed by atoms with Crippen LogP contribution in [0.5, 0.6) is 0 Å². The van der Waals surface area contributed by atoms with Crippen molar-refractivity contribution in [3.8, 4) is 21.6 Å². The normalized spacial score (nSPS) is 19.2. The fraction of sp³-hybridized carbons (Fsp3) is 0.492. The van der Waals surface area contributed by atoms with E-state index in [9.17, 15) is 56.2 Å². The minimum atomic E-state index is -5.00. The molecule has 18 nitrogen and oxygen atoms in total. The van der Waals surface area contributed by atoms with Crippen LogP contribution < -0.4 is 37.0 Å². The Balaban J connectivity index is 0.812. The van der Waals surface area contributed by atoms with E-state index in [1.54, 1.807) is 38.4 Å². The Morgan fingerprint density at radius 3 is 2.08 bits per heavy atom. The first-order chi connectivity index (χ1) is 41.1. The van der Waals surface area contributed by atoms with E-state index in [1.807, 2.05) is 57.0 Å². The van der Waals surface area contributed by atoms with Gasteiger partial charge in [0.15, 0.2) is 5.67 Å². The number of nitrogens with one attached hydrogen (secondary N) is 6. The Bertz CT molecular complexity index is 3370. The Labute approximate surface area is 506 Å². The number of unbranched alkanes of at least 4 members (excludes halogenated alkanes) is 5. The van der Waals surface area contributed by atoms with Crippen LogP contribution >= 0.6 is 11.3 Å². The summed E-state index contributed by atoms with van der Waals surface area (Å²) in [4.78, 5) is 106. The van der Waals surface area contributed by atoms with Crippen molar-refractivity contribution in [1.29, 1.82) is 0 Å². The Kier molecular flexibility index (Phi) is 20.8. The molecule has 0 spiro atoms. The van der Waals surface area contributed by atoms with Crippen LogP contribution in [0, 0.1) is 18.2 Å². The molecule has 3 aromatic carbocycles. The molecule has 1 saturated carbocycles. The number of thiazole rings is 1. The van der Waals surface area contributed by atoms with Crippen LogP contribution in [0.1, 0.15) is 142 Å². The molecule has 5 aromatic rings. The van der Waals surface area contributed by atoms with Gasteiger partial charge in [0, 0.05) is 74.6 Å². The quantitative estimate of drug-likeness (QED) is 0.0241. The highest BCUT2D eigenvalue weighted by atomic mass is 32.1. The third-order valence-electron chi connectivity index (χ3n) is 16.5. The van der Waals surface area contributed by atoms with Crippen LogP contribution in [0.15, 0.2) is 83.2 Å². The minimum absolute atomic E-state index is 0.0565. The highest BCUT2D eigenvalue weighted by Crippen LogP contribution is 2.41. The topological polar surface area (TPSA) is 238 Å². The van der Waals surface area contributed by atoms with Gasteiger partial charge >= 0.3 is 6.18 Å². The number of aliphatic hydroxyl groups is 1. The summed E-state index contributed by atoms with van der Waals surface area (Å²) in [6.07, 6.45) is -0.844. The number of aromatic amines is 1. The summed E-state index contributed by atoms with van der Waals surface area (Å²) in [6, 6.07) is 13.5. The molecule has 87 heavy (non-hydrogen) atoms. The second-order valence-electron chi connectivity index (χ2n) is 24.3. The molecule has 4 heterocycles. The van der Waals surface area contributed by atoms with Crippen molar-refractivity contribution in [2.75, 3.05) is 50.0 Å². The maximum absolute atomic E-state index is 16.0. The summed E-state index contributed by atoms with van der Waals surface area (Å²) in [5.74, 6) is -4.78. The van der Waals surface area contributed by atoms with Gasteiger partial charge in [-0.15, -0.1) is 11.3 Å². The first kappa shape index (κ1) is 65.4. The van der Waals surface area contributed by atoms with Crippen LogP contribution in [0.2, 0.25) is 0 Å². The number of hydrogen-bond acceptors (Lipinski definition) is 12. The zero-order valence-electron chi connectivity index (χ0n) is 50.0. The van der Waals surface area contributed by atoms with Gasteiger partial charge in [-0.2, -0.15) is 13.2 Å². The smallest absolute Gasteiger partial charge is 0.391 e. The van der Waals surface area contributed by atoms with Gasteiger partial charge in [-0.25, -0.2) is 13.8 Å². The average Bonchev–Trinajstić information content (AvgIpc) is 2.00. The number of β-amino-alcohol motifs (C(OH)–C–C–N with tert-alkyl or cyclic N) is 1. The van der Waals surface area contributed by atoms with E-state index < -0.39 is 93.5 Å². The van der Waals surface area contributed by atoms with Crippen LogP contribution in [0.3, 0.4) is 0 Å². The molecular formula is C63H77F5N10O8S. The summed E-state index contributed by atoms with van der Waals surface area (Å²) >= 11 is 1.49. The van der Waals surface area contributed by atoms with E-state index in [0.29, 0.717) is 68.1 Å². The summed E-state index contributed by atoms with van der Waals surface area (Å²) in [5, 5.41) is 24.7. The number of halogens is 5. The van der Waals surface area contributed by atoms with Gasteiger partial charge in [0.25, 0.3) is 17.7 Å². The number of H-pyrrole nitrogens is 1. The highest BCUT2D eigenvalue weighted by molar-refractivity contribution is 7.13. The number of pyridine rings is 1. The Hall–Kier alpha value is -7.57. The average molecular weight is 1230 g/mol. The van der Waals surface area contributed by atoms with E-state index in [2.05, 4.69) is 41.5 Å². The SMILES string of the molecule is Cc1ncsc1-c1ccc([C@H](CC(=O)NCCCCCCCCNC(=O)c2ccc(-c3ccc(N4C[C@@H](C)N(C)[C@@H](C)C4)c(NC(=O)c4c[nH]c(=O)cc4C(F)(F)F)c3)c(F)c2)NC(=O)[C@@H]2C[C@@H](O)CN2C(=O)[C@@H](NC(=O)C2(F)CC2)C(C)(C)C)cc1. The third-order valence-corrected chi connectivity index (χ3v) is 17.5. The van der Waals surface area contributed by atoms with Crippen LogP contribution in [0.25, 0.3) is 21.6 Å². The number of likely N-dealkylation sites (N-methyl/N-ethyl adjacent to an activating group) is 1. The zero-order valence-corrected chi connectivity index (χ0v) is 50.8. The van der Waals surface area contributed by atoms with Crippen LogP contribution in [-0.2, 0) is 25.4 Å². The molecule has 0 unspecified atom stereocenters. The number of alkyl halides is 4. The Morgan fingerprint density at radius 1 is 0.828 bits per heavy atom. The number of likely N-dealkylation sites (tertiary alicyclic amines) is 1. The third kappa shape index (κ3) is 16.3. The predicted octanol–water partition coefficient (Wildman–Crippen LogP) is 8.84. The van der Waals surface area contributed by atoms with Gasteiger partial charge in [-0.1, -0.05) is 82.9 Å². The molecule has 6 amide bonds. The fourth-order valence-corrected chi connectivity index (χ4v) is 11.9. The molecule has 3 fully saturated rings. The first-order valence-electron chi connectivity index (χ1n) is 29.5. The number of hydrogen-bond donors (Lipinski definition) is 7. The molecule has 0 bridgehead atoms. The zero-order chi connectivity index (χ0) is 63.1. The van der Waals surface area contributed by atoms with Gasteiger partial charge in [0.1, 0.15) is 17.9 Å². The van der Waals surface area contributed by atoms with Crippen molar-refractivity contribution in [2.24, 2.45) is 5.41 Å². The fourth-order valence-electron chi connectivity index (χ4n) is 11.1. The van der Waals surface area contributed by atoms with Gasteiger partial charge in [0.2, 0.25) is 23.3 Å². The number of aliphatic hydroxyl groups excluding tert-OH is 1. The van der Waals surface area contributed by atoms with E-state index >= 15 is 4.39 Å². The number of carbonyl (C=O) groups excluding carboxylic acids is 6.